The summed E-state index contributed by atoms with van der Waals surface area (Å²) in [7, 11) is -1.40. The number of aromatic hydroxyl groups is 1. The number of anilines is 2. The van der Waals surface area contributed by atoms with Gasteiger partial charge in [0.15, 0.2) is 11.9 Å². The van der Waals surface area contributed by atoms with Crippen LogP contribution in [0.15, 0.2) is 52.7 Å². The number of phenols is 1. The maximum Gasteiger partial charge on any atom is 0.247 e. The molecule has 1 aliphatic carbocycles. The predicted octanol–water partition coefficient (Wildman–Crippen LogP) is 3.10. The van der Waals surface area contributed by atoms with Crippen LogP contribution in [-0.2, 0) is 14.8 Å². The molecule has 0 heterocycles. The van der Waals surface area contributed by atoms with E-state index >= 15 is 0 Å². The summed E-state index contributed by atoms with van der Waals surface area (Å²) in [5.41, 5.74) is 1.93. The number of hydrogen-bond acceptors (Lipinski definition) is 7. The molecule has 1 aliphatic rings. The van der Waals surface area contributed by atoms with Gasteiger partial charge < -0.3 is 20.8 Å². The molecule has 4 N–H and O–H groups in total. The molecule has 2 aromatic carbocycles. The molecule has 10 heteroatoms. The van der Waals surface area contributed by atoms with Gasteiger partial charge in [-0.2, -0.15) is 0 Å². The molecule has 0 bridgehead atoms. The summed E-state index contributed by atoms with van der Waals surface area (Å²) in [4.78, 5) is 11.8. The SMILES string of the molecule is CC(C)c1ccccc1NC1=C(Nc2ccc(Cl)c(S(=O)(=O)N(C)C)c2O)C(O)C1=O. The van der Waals surface area contributed by atoms with Gasteiger partial charge in [0, 0.05) is 19.8 Å². The van der Waals surface area contributed by atoms with Gasteiger partial charge in [-0.05, 0) is 29.7 Å². The van der Waals surface area contributed by atoms with Crippen molar-refractivity contribution in [3.05, 3.63) is 58.4 Å². The van der Waals surface area contributed by atoms with Crippen molar-refractivity contribution in [3.8, 4) is 5.75 Å². The Morgan fingerprint density at radius 1 is 1.06 bits per heavy atom. The molecule has 0 aliphatic heterocycles. The topological polar surface area (TPSA) is 119 Å². The number of ketones is 1. The Hall–Kier alpha value is -2.59. The highest BCUT2D eigenvalue weighted by Crippen LogP contribution is 2.40. The smallest absolute Gasteiger partial charge is 0.247 e. The van der Waals surface area contributed by atoms with Crippen LogP contribution >= 0.6 is 11.6 Å². The third kappa shape index (κ3) is 4.14. The number of rotatable bonds is 7. The molecule has 31 heavy (non-hydrogen) atoms. The van der Waals surface area contributed by atoms with E-state index in [1.807, 2.05) is 38.1 Å². The second-order valence-corrected chi connectivity index (χ2v) is 10.1. The van der Waals surface area contributed by atoms with Gasteiger partial charge in [0.05, 0.1) is 16.4 Å². The summed E-state index contributed by atoms with van der Waals surface area (Å²) in [5.74, 6) is -0.933. The third-order valence-electron chi connectivity index (χ3n) is 4.97. The Bertz CT molecular complexity index is 1180. The van der Waals surface area contributed by atoms with Crippen molar-refractivity contribution < 1.29 is 23.4 Å². The summed E-state index contributed by atoms with van der Waals surface area (Å²) >= 11 is 6.03. The van der Waals surface area contributed by atoms with E-state index in [0.717, 1.165) is 9.87 Å². The second kappa shape index (κ2) is 8.51. The van der Waals surface area contributed by atoms with E-state index in [4.69, 9.17) is 11.6 Å². The van der Waals surface area contributed by atoms with Crippen molar-refractivity contribution in [2.24, 2.45) is 0 Å². The zero-order valence-electron chi connectivity index (χ0n) is 17.5. The average molecular weight is 466 g/mol. The Kier molecular flexibility index (Phi) is 6.33. The maximum atomic E-state index is 12.5. The van der Waals surface area contributed by atoms with Gasteiger partial charge in [-0.3, -0.25) is 4.79 Å². The van der Waals surface area contributed by atoms with Crippen LogP contribution in [-0.4, -0.2) is 48.9 Å². The Morgan fingerprint density at radius 2 is 1.71 bits per heavy atom. The molecule has 0 amide bonds. The molecule has 0 aromatic heterocycles. The first-order valence-corrected chi connectivity index (χ1v) is 11.3. The number of para-hydroxylation sites is 1. The number of sulfonamides is 1. The van der Waals surface area contributed by atoms with Gasteiger partial charge in [0.2, 0.25) is 15.8 Å². The van der Waals surface area contributed by atoms with Crippen LogP contribution in [0.2, 0.25) is 5.02 Å². The van der Waals surface area contributed by atoms with E-state index in [0.29, 0.717) is 5.69 Å². The number of benzene rings is 2. The van der Waals surface area contributed by atoms with Crippen LogP contribution in [0.25, 0.3) is 0 Å². The van der Waals surface area contributed by atoms with Gasteiger partial charge in [0.1, 0.15) is 10.6 Å². The average Bonchev–Trinajstić information content (AvgIpc) is 2.71. The summed E-state index contributed by atoms with van der Waals surface area (Å²) in [6.07, 6.45) is -1.43. The lowest BCUT2D eigenvalue weighted by Gasteiger charge is -2.31. The molecule has 0 spiro atoms. The van der Waals surface area contributed by atoms with Crippen molar-refractivity contribution in [3.63, 3.8) is 0 Å². The van der Waals surface area contributed by atoms with Gasteiger partial charge in [0.25, 0.3) is 0 Å². The molecule has 1 unspecified atom stereocenters. The van der Waals surface area contributed by atoms with Gasteiger partial charge >= 0.3 is 0 Å². The number of nitrogens with zero attached hydrogens (tertiary/aromatic N) is 1. The molecule has 166 valence electrons. The highest BCUT2D eigenvalue weighted by molar-refractivity contribution is 7.89. The minimum atomic E-state index is -4.04. The number of halogens is 1. The van der Waals surface area contributed by atoms with Crippen molar-refractivity contribution in [2.75, 3.05) is 24.7 Å². The summed E-state index contributed by atoms with van der Waals surface area (Å²) in [6.45, 7) is 4.04. The van der Waals surface area contributed by atoms with E-state index in [2.05, 4.69) is 10.6 Å². The van der Waals surface area contributed by atoms with Gasteiger partial charge in [-0.15, -0.1) is 0 Å². The molecular formula is C21H24ClN3O5S. The van der Waals surface area contributed by atoms with Crippen LogP contribution < -0.4 is 10.6 Å². The molecule has 2 aromatic rings. The van der Waals surface area contributed by atoms with Crippen molar-refractivity contribution >= 4 is 38.8 Å². The molecule has 0 saturated carbocycles. The van der Waals surface area contributed by atoms with E-state index in [1.165, 1.54) is 26.2 Å². The van der Waals surface area contributed by atoms with Crippen LogP contribution in [0.3, 0.4) is 0 Å². The molecule has 3 rings (SSSR count). The first-order chi connectivity index (χ1) is 14.5. The highest BCUT2D eigenvalue weighted by Gasteiger charge is 2.39. The Labute approximate surface area is 186 Å². The lowest BCUT2D eigenvalue weighted by molar-refractivity contribution is -0.124. The number of phenolic OH excluding ortho intramolecular Hbond substituents is 1. The Balaban J connectivity index is 2.02. The fourth-order valence-corrected chi connectivity index (χ4v) is 4.67. The van der Waals surface area contributed by atoms with Crippen LogP contribution in [0, 0.1) is 0 Å². The fourth-order valence-electron chi connectivity index (χ4n) is 3.19. The molecule has 0 radical (unpaired) electrons. The maximum absolute atomic E-state index is 12.5. The lowest BCUT2D eigenvalue weighted by Crippen LogP contribution is -2.43. The molecule has 1 atom stereocenters. The van der Waals surface area contributed by atoms with Crippen LogP contribution in [0.4, 0.5) is 11.4 Å². The van der Waals surface area contributed by atoms with Gasteiger partial charge in [-0.1, -0.05) is 43.6 Å². The zero-order chi connectivity index (χ0) is 23.1. The van der Waals surface area contributed by atoms with Crippen molar-refractivity contribution in [1.82, 2.24) is 4.31 Å². The number of Topliss-reactive ketones (excluding diaryl/α,β-unsaturated/α-hetero) is 1. The van der Waals surface area contributed by atoms with Crippen LogP contribution in [0.1, 0.15) is 25.3 Å². The largest absolute Gasteiger partial charge is 0.504 e. The molecule has 0 saturated heterocycles. The quantitative estimate of drug-likeness (QED) is 0.464. The van der Waals surface area contributed by atoms with Crippen molar-refractivity contribution in [1.29, 1.82) is 0 Å². The van der Waals surface area contributed by atoms with Crippen molar-refractivity contribution in [2.45, 2.75) is 30.8 Å². The minimum absolute atomic E-state index is 0.0113. The highest BCUT2D eigenvalue weighted by atomic mass is 35.5. The number of aliphatic hydroxyl groups is 1. The van der Waals surface area contributed by atoms with E-state index in [1.54, 1.807) is 0 Å². The standard InChI is InChI=1S/C21H24ClN3O5S/c1-11(2)12-7-5-6-8-14(12)23-16-17(20(28)19(16)27)24-15-10-9-13(22)21(18(15)26)31(29,30)25(3)4/h5-11,20,23-24,26,28H,1-4H3. The number of aliphatic hydroxyl groups excluding tert-OH is 1. The second-order valence-electron chi connectivity index (χ2n) is 7.61. The van der Waals surface area contributed by atoms with E-state index in [-0.39, 0.29) is 28.0 Å². The summed E-state index contributed by atoms with van der Waals surface area (Å²) in [6, 6.07) is 10.2. The minimum Gasteiger partial charge on any atom is -0.504 e. The lowest BCUT2D eigenvalue weighted by atomic mass is 9.93. The predicted molar refractivity (Wildman–Crippen MR) is 120 cm³/mol. The fraction of sp³-hybridized carbons (Fsp3) is 0.286. The molecular weight excluding hydrogens is 442 g/mol. The van der Waals surface area contributed by atoms with Crippen LogP contribution in [0.5, 0.6) is 5.75 Å². The summed E-state index contributed by atoms with van der Waals surface area (Å²) in [5, 5.41) is 26.5. The number of carbonyl (C=O) groups excluding carboxylic acids is 1. The Morgan fingerprint density at radius 3 is 2.32 bits per heavy atom. The van der Waals surface area contributed by atoms with E-state index < -0.39 is 32.6 Å². The first kappa shape index (κ1) is 23.1. The molecule has 0 fully saturated rings. The normalized spacial score (nSPS) is 16.6. The summed E-state index contributed by atoms with van der Waals surface area (Å²) < 4.78 is 26.0. The van der Waals surface area contributed by atoms with Gasteiger partial charge in [-0.25, -0.2) is 12.7 Å². The number of carbonyl (C=O) groups is 1. The first-order valence-electron chi connectivity index (χ1n) is 9.50. The monoisotopic (exact) mass is 465 g/mol. The number of hydrogen-bond donors (Lipinski definition) is 4. The van der Waals surface area contributed by atoms with E-state index in [9.17, 15) is 23.4 Å². The third-order valence-corrected chi connectivity index (χ3v) is 7.29. The molecule has 8 nitrogen and oxygen atoms in total. The zero-order valence-corrected chi connectivity index (χ0v) is 19.0. The number of nitrogens with one attached hydrogen (secondary N) is 2.